The van der Waals surface area contributed by atoms with Crippen molar-refractivity contribution in [3.63, 3.8) is 0 Å². The van der Waals surface area contributed by atoms with Crippen molar-refractivity contribution in [1.82, 2.24) is 5.32 Å². The third-order valence-corrected chi connectivity index (χ3v) is 2.69. The fourth-order valence-electron chi connectivity index (χ4n) is 1.87. The molecule has 0 heterocycles. The summed E-state index contributed by atoms with van der Waals surface area (Å²) in [5, 5.41) is 3.32. The maximum Gasteiger partial charge on any atom is 0.0755 e. The van der Waals surface area contributed by atoms with Gasteiger partial charge in [-0.15, -0.1) is 6.58 Å². The second-order valence-electron chi connectivity index (χ2n) is 4.09. The van der Waals surface area contributed by atoms with Gasteiger partial charge in [-0.25, -0.2) is 0 Å². The van der Waals surface area contributed by atoms with Gasteiger partial charge in [-0.3, -0.25) is 0 Å². The Bertz CT molecular complexity index is 175. The van der Waals surface area contributed by atoms with Gasteiger partial charge >= 0.3 is 0 Å². The molecule has 2 heteroatoms. The molecular weight excluding hydrogens is 162 g/mol. The van der Waals surface area contributed by atoms with Crippen LogP contribution < -0.4 is 5.32 Å². The van der Waals surface area contributed by atoms with Crippen LogP contribution in [0, 0.1) is 5.92 Å². The average molecular weight is 183 g/mol. The minimum atomic E-state index is 0.377. The summed E-state index contributed by atoms with van der Waals surface area (Å²) in [6, 6.07) is 0.440. The fourth-order valence-corrected chi connectivity index (χ4v) is 1.87. The van der Waals surface area contributed by atoms with Crippen molar-refractivity contribution in [2.45, 2.75) is 38.3 Å². The molecule has 0 aromatic rings. The van der Waals surface area contributed by atoms with Crippen LogP contribution in [0.15, 0.2) is 12.2 Å². The maximum absolute atomic E-state index is 5.52. The van der Waals surface area contributed by atoms with E-state index in [1.807, 2.05) is 14.2 Å². The smallest absolute Gasteiger partial charge is 0.0755 e. The topological polar surface area (TPSA) is 21.3 Å². The number of methoxy groups -OCH3 is 1. The Labute approximate surface area is 81.4 Å². The quantitative estimate of drug-likeness (QED) is 0.636. The number of hydrogen-bond acceptors (Lipinski definition) is 2. The van der Waals surface area contributed by atoms with Crippen molar-refractivity contribution in [2.24, 2.45) is 5.92 Å². The van der Waals surface area contributed by atoms with Crippen molar-refractivity contribution in [1.29, 1.82) is 0 Å². The molecule has 0 aromatic carbocycles. The first kappa shape index (κ1) is 10.7. The highest BCUT2D eigenvalue weighted by atomic mass is 16.5. The highest BCUT2D eigenvalue weighted by molar-refractivity contribution is 4.98. The fraction of sp³-hybridized carbons (Fsp3) is 0.818. The number of hydrogen-bond donors (Lipinski definition) is 1. The van der Waals surface area contributed by atoms with Gasteiger partial charge in [0, 0.05) is 13.2 Å². The minimum absolute atomic E-state index is 0.377. The summed E-state index contributed by atoms with van der Waals surface area (Å²) in [5.41, 5.74) is 1.22. The Balaban J connectivity index is 2.45. The van der Waals surface area contributed by atoms with E-state index in [0.29, 0.717) is 12.1 Å². The van der Waals surface area contributed by atoms with Crippen molar-refractivity contribution >= 4 is 0 Å². The van der Waals surface area contributed by atoms with E-state index >= 15 is 0 Å². The third-order valence-electron chi connectivity index (χ3n) is 2.69. The molecule has 1 saturated carbocycles. The first-order valence-corrected chi connectivity index (χ1v) is 5.03. The van der Waals surface area contributed by atoms with Crippen LogP contribution in [-0.4, -0.2) is 26.3 Å². The molecule has 2 unspecified atom stereocenters. The lowest BCUT2D eigenvalue weighted by molar-refractivity contribution is 0.0535. The monoisotopic (exact) mass is 183 g/mol. The summed E-state index contributed by atoms with van der Waals surface area (Å²) >= 11 is 0. The first-order chi connectivity index (χ1) is 6.19. The second kappa shape index (κ2) is 4.77. The predicted octanol–water partition coefficient (Wildman–Crippen LogP) is 1.97. The molecule has 1 rings (SSSR count). The zero-order chi connectivity index (χ0) is 9.84. The molecule has 1 fully saturated rings. The van der Waals surface area contributed by atoms with Crippen LogP contribution in [0.3, 0.4) is 0 Å². The van der Waals surface area contributed by atoms with Gasteiger partial charge in [0.05, 0.1) is 6.10 Å². The van der Waals surface area contributed by atoms with Crippen LogP contribution in [0.4, 0.5) is 0 Å². The van der Waals surface area contributed by atoms with Crippen LogP contribution in [0.5, 0.6) is 0 Å². The van der Waals surface area contributed by atoms with Crippen LogP contribution in [0.1, 0.15) is 26.2 Å². The van der Waals surface area contributed by atoms with Crippen LogP contribution >= 0.6 is 0 Å². The van der Waals surface area contributed by atoms with E-state index in [9.17, 15) is 0 Å². The molecule has 13 heavy (non-hydrogen) atoms. The van der Waals surface area contributed by atoms with Crippen molar-refractivity contribution in [3.8, 4) is 0 Å². The van der Waals surface area contributed by atoms with Crippen molar-refractivity contribution in [3.05, 3.63) is 12.2 Å². The lowest BCUT2D eigenvalue weighted by Gasteiger charge is -2.25. The van der Waals surface area contributed by atoms with E-state index in [1.54, 1.807) is 0 Å². The molecule has 0 aliphatic heterocycles. The summed E-state index contributed by atoms with van der Waals surface area (Å²) < 4.78 is 5.52. The summed E-state index contributed by atoms with van der Waals surface area (Å²) in [7, 11) is 3.81. The lowest BCUT2D eigenvalue weighted by atomic mass is 10.00. The first-order valence-electron chi connectivity index (χ1n) is 5.03. The Hall–Kier alpha value is -0.340. The molecule has 2 atom stereocenters. The molecule has 0 aromatic heterocycles. The second-order valence-corrected chi connectivity index (χ2v) is 4.09. The van der Waals surface area contributed by atoms with Gasteiger partial charge in [0.1, 0.15) is 0 Å². The SMILES string of the molecule is C=C(C)CC(NC)C(OC)C1CC1. The van der Waals surface area contributed by atoms with Crippen LogP contribution in [0.2, 0.25) is 0 Å². The van der Waals surface area contributed by atoms with E-state index < -0.39 is 0 Å². The minimum Gasteiger partial charge on any atom is -0.380 e. The van der Waals surface area contributed by atoms with E-state index in [2.05, 4.69) is 18.8 Å². The zero-order valence-corrected chi connectivity index (χ0v) is 8.97. The van der Waals surface area contributed by atoms with Crippen molar-refractivity contribution in [2.75, 3.05) is 14.2 Å². The highest BCUT2D eigenvalue weighted by Gasteiger charge is 2.35. The van der Waals surface area contributed by atoms with Gasteiger partial charge in [0.2, 0.25) is 0 Å². The largest absolute Gasteiger partial charge is 0.380 e. The van der Waals surface area contributed by atoms with Gasteiger partial charge in [-0.1, -0.05) is 5.57 Å². The average Bonchev–Trinajstić information content (AvgIpc) is 2.87. The molecule has 0 bridgehead atoms. The molecule has 76 valence electrons. The van der Waals surface area contributed by atoms with E-state index in [1.165, 1.54) is 18.4 Å². The number of rotatable bonds is 6. The van der Waals surface area contributed by atoms with E-state index in [-0.39, 0.29) is 0 Å². The Morgan fingerprint density at radius 2 is 2.23 bits per heavy atom. The normalized spacial score (nSPS) is 21.2. The van der Waals surface area contributed by atoms with Gasteiger partial charge in [-0.05, 0) is 39.2 Å². The molecule has 2 nitrogen and oxygen atoms in total. The summed E-state index contributed by atoms with van der Waals surface area (Å²) in [6.07, 6.45) is 4.05. The predicted molar refractivity (Wildman–Crippen MR) is 55.8 cm³/mol. The van der Waals surface area contributed by atoms with Crippen LogP contribution in [0.25, 0.3) is 0 Å². The molecule has 0 spiro atoms. The van der Waals surface area contributed by atoms with Crippen LogP contribution in [-0.2, 0) is 4.74 Å². The van der Waals surface area contributed by atoms with Gasteiger partial charge < -0.3 is 10.1 Å². The Morgan fingerprint density at radius 3 is 2.54 bits per heavy atom. The molecular formula is C11H21NO. The molecule has 1 aliphatic rings. The van der Waals surface area contributed by atoms with Gasteiger partial charge in [0.25, 0.3) is 0 Å². The number of nitrogens with one attached hydrogen (secondary N) is 1. The standard InChI is InChI=1S/C11H21NO/c1-8(2)7-10(12-3)11(13-4)9-5-6-9/h9-12H,1,5-7H2,2-4H3. The molecule has 0 saturated heterocycles. The Morgan fingerprint density at radius 1 is 1.62 bits per heavy atom. The lowest BCUT2D eigenvalue weighted by Crippen LogP contribution is -2.40. The maximum atomic E-state index is 5.52. The highest BCUT2D eigenvalue weighted by Crippen LogP contribution is 2.36. The number of ether oxygens (including phenoxy) is 1. The summed E-state index contributed by atoms with van der Waals surface area (Å²) in [5.74, 6) is 0.779. The summed E-state index contributed by atoms with van der Waals surface area (Å²) in [6.45, 7) is 6.02. The van der Waals surface area contributed by atoms with Crippen molar-refractivity contribution < 1.29 is 4.74 Å². The molecule has 0 amide bonds. The van der Waals surface area contributed by atoms with E-state index in [4.69, 9.17) is 4.74 Å². The van der Waals surface area contributed by atoms with E-state index in [0.717, 1.165) is 12.3 Å². The third kappa shape index (κ3) is 3.12. The zero-order valence-electron chi connectivity index (χ0n) is 8.97. The molecule has 0 radical (unpaired) electrons. The molecule has 1 N–H and O–H groups in total. The Kier molecular flexibility index (Phi) is 3.94. The van der Waals surface area contributed by atoms with Gasteiger partial charge in [-0.2, -0.15) is 0 Å². The van der Waals surface area contributed by atoms with Gasteiger partial charge in [0.15, 0.2) is 0 Å². The number of likely N-dealkylation sites (N-methyl/N-ethyl adjacent to an activating group) is 1. The molecule has 1 aliphatic carbocycles. The summed E-state index contributed by atoms with van der Waals surface area (Å²) in [4.78, 5) is 0.